The first-order valence-corrected chi connectivity index (χ1v) is 6.21. The molecule has 4 heteroatoms. The molecule has 2 nitrogen and oxygen atoms in total. The van der Waals surface area contributed by atoms with Gasteiger partial charge < -0.3 is 5.32 Å². The fourth-order valence-electron chi connectivity index (χ4n) is 1.97. The van der Waals surface area contributed by atoms with Gasteiger partial charge in [0.25, 0.3) is 6.43 Å². The van der Waals surface area contributed by atoms with Gasteiger partial charge in [-0.3, -0.25) is 0 Å². The molecule has 1 N–H and O–H groups in total. The van der Waals surface area contributed by atoms with E-state index in [1.807, 2.05) is 31.2 Å². The molecular formula is C16H14F2N2. The quantitative estimate of drug-likeness (QED) is 0.882. The number of benzene rings is 2. The van der Waals surface area contributed by atoms with Crippen molar-refractivity contribution in [3.63, 3.8) is 0 Å². The maximum atomic E-state index is 12.7. The number of aryl methyl sites for hydroxylation is 1. The molecule has 102 valence electrons. The highest BCUT2D eigenvalue weighted by Gasteiger charge is 2.13. The maximum absolute atomic E-state index is 12.7. The van der Waals surface area contributed by atoms with Crippen LogP contribution in [0, 0.1) is 18.3 Å². The fraction of sp³-hybridized carbons (Fsp3) is 0.188. The molecule has 0 aliphatic heterocycles. The Morgan fingerprint density at radius 1 is 1.05 bits per heavy atom. The normalized spacial score (nSPS) is 11.9. The molecule has 1 atom stereocenters. The number of nitriles is 1. The molecule has 0 spiro atoms. The number of hydrogen-bond donors (Lipinski definition) is 1. The van der Waals surface area contributed by atoms with Crippen LogP contribution in [0.4, 0.5) is 14.5 Å². The molecule has 2 rings (SSSR count). The van der Waals surface area contributed by atoms with E-state index in [1.165, 1.54) is 12.1 Å². The molecule has 0 bridgehead atoms. The van der Waals surface area contributed by atoms with Gasteiger partial charge in [-0.15, -0.1) is 0 Å². The fourth-order valence-corrected chi connectivity index (χ4v) is 1.97. The Labute approximate surface area is 116 Å². The maximum Gasteiger partial charge on any atom is 0.263 e. The van der Waals surface area contributed by atoms with Crippen LogP contribution < -0.4 is 5.32 Å². The molecule has 0 amide bonds. The van der Waals surface area contributed by atoms with Crippen molar-refractivity contribution in [2.45, 2.75) is 19.4 Å². The van der Waals surface area contributed by atoms with Gasteiger partial charge in [-0.05, 0) is 36.2 Å². The average molecular weight is 272 g/mol. The van der Waals surface area contributed by atoms with Crippen LogP contribution in [0.3, 0.4) is 0 Å². The number of halogens is 2. The molecule has 0 fully saturated rings. The minimum Gasteiger partial charge on any atom is -0.366 e. The molecule has 2 aromatic carbocycles. The van der Waals surface area contributed by atoms with Crippen molar-refractivity contribution < 1.29 is 8.78 Å². The van der Waals surface area contributed by atoms with Crippen molar-refractivity contribution in [1.29, 1.82) is 5.26 Å². The first kappa shape index (κ1) is 14.0. The molecule has 0 aliphatic rings. The number of hydrogen-bond acceptors (Lipinski definition) is 2. The lowest BCUT2D eigenvalue weighted by Gasteiger charge is -2.14. The molecule has 2 aromatic rings. The van der Waals surface area contributed by atoms with Gasteiger partial charge in [-0.1, -0.05) is 30.3 Å². The van der Waals surface area contributed by atoms with Crippen LogP contribution in [0.5, 0.6) is 0 Å². The van der Waals surface area contributed by atoms with Crippen molar-refractivity contribution >= 4 is 5.69 Å². The van der Waals surface area contributed by atoms with E-state index in [4.69, 9.17) is 0 Å². The second kappa shape index (κ2) is 6.16. The van der Waals surface area contributed by atoms with Gasteiger partial charge in [-0.25, -0.2) is 8.78 Å². The van der Waals surface area contributed by atoms with Gasteiger partial charge in [0.15, 0.2) is 0 Å². The van der Waals surface area contributed by atoms with Crippen molar-refractivity contribution in [3.8, 4) is 6.07 Å². The van der Waals surface area contributed by atoms with E-state index in [2.05, 4.69) is 11.4 Å². The minimum absolute atomic E-state index is 0.0752. The largest absolute Gasteiger partial charge is 0.366 e. The summed E-state index contributed by atoms with van der Waals surface area (Å²) < 4.78 is 25.4. The van der Waals surface area contributed by atoms with Gasteiger partial charge in [-0.2, -0.15) is 5.26 Å². The van der Waals surface area contributed by atoms with Gasteiger partial charge in [0, 0.05) is 11.3 Å². The first-order valence-electron chi connectivity index (χ1n) is 6.21. The summed E-state index contributed by atoms with van der Waals surface area (Å²) in [6, 6.07) is 14.9. The highest BCUT2D eigenvalue weighted by molar-refractivity contribution is 5.49. The van der Waals surface area contributed by atoms with E-state index in [0.29, 0.717) is 5.56 Å². The van der Waals surface area contributed by atoms with E-state index < -0.39 is 12.5 Å². The average Bonchev–Trinajstić information content (AvgIpc) is 2.45. The Balaban J connectivity index is 2.25. The lowest BCUT2D eigenvalue weighted by Crippen LogP contribution is -2.09. The Morgan fingerprint density at radius 2 is 1.75 bits per heavy atom. The van der Waals surface area contributed by atoms with E-state index in [-0.39, 0.29) is 5.56 Å². The minimum atomic E-state index is -2.53. The van der Waals surface area contributed by atoms with Crippen LogP contribution in [-0.4, -0.2) is 0 Å². The number of nitrogens with zero attached hydrogens (tertiary/aromatic N) is 1. The molecule has 0 radical (unpaired) electrons. The predicted molar refractivity (Wildman–Crippen MR) is 74.6 cm³/mol. The third kappa shape index (κ3) is 3.33. The smallest absolute Gasteiger partial charge is 0.263 e. The van der Waals surface area contributed by atoms with Gasteiger partial charge >= 0.3 is 0 Å². The summed E-state index contributed by atoms with van der Waals surface area (Å²) in [7, 11) is 0. The molecule has 0 aliphatic carbocycles. The summed E-state index contributed by atoms with van der Waals surface area (Å²) in [4.78, 5) is 0. The Kier molecular flexibility index (Phi) is 4.31. The van der Waals surface area contributed by atoms with Crippen LogP contribution in [0.25, 0.3) is 0 Å². The van der Waals surface area contributed by atoms with Crippen LogP contribution in [0.1, 0.15) is 29.2 Å². The lowest BCUT2D eigenvalue weighted by atomic mass is 10.0. The third-order valence-electron chi connectivity index (χ3n) is 2.95. The highest BCUT2D eigenvalue weighted by atomic mass is 19.3. The van der Waals surface area contributed by atoms with Crippen molar-refractivity contribution in [3.05, 3.63) is 65.2 Å². The van der Waals surface area contributed by atoms with Crippen LogP contribution >= 0.6 is 0 Å². The standard InChI is InChI=1S/C16H14F2N2/c1-11-4-2-7-14(8-11)20-15(10-19)12-5-3-6-13(9-12)16(17)18/h2-9,15-16,20H,1H3. The zero-order valence-corrected chi connectivity index (χ0v) is 11.0. The monoisotopic (exact) mass is 272 g/mol. The summed E-state index contributed by atoms with van der Waals surface area (Å²) in [6.07, 6.45) is -2.53. The van der Waals surface area contributed by atoms with E-state index in [1.54, 1.807) is 12.1 Å². The number of nitrogens with one attached hydrogen (secondary N) is 1. The summed E-state index contributed by atoms with van der Waals surface area (Å²) in [5.74, 6) is 0. The van der Waals surface area contributed by atoms with Gasteiger partial charge in [0.2, 0.25) is 0 Å². The molecule has 0 saturated carbocycles. The molecular weight excluding hydrogens is 258 g/mol. The molecule has 0 aromatic heterocycles. The highest BCUT2D eigenvalue weighted by Crippen LogP contribution is 2.24. The summed E-state index contributed by atoms with van der Waals surface area (Å²) in [5.41, 5.74) is 2.31. The topological polar surface area (TPSA) is 35.8 Å². The van der Waals surface area contributed by atoms with Crippen LogP contribution in [0.15, 0.2) is 48.5 Å². The predicted octanol–water partition coefficient (Wildman–Crippen LogP) is 4.61. The zero-order chi connectivity index (χ0) is 14.5. The van der Waals surface area contributed by atoms with E-state index in [0.717, 1.165) is 11.3 Å². The Bertz CT molecular complexity index is 632. The summed E-state index contributed by atoms with van der Waals surface area (Å²) >= 11 is 0. The molecule has 20 heavy (non-hydrogen) atoms. The van der Waals surface area contributed by atoms with Crippen LogP contribution in [0.2, 0.25) is 0 Å². The Hall–Kier alpha value is -2.41. The Morgan fingerprint density at radius 3 is 2.40 bits per heavy atom. The van der Waals surface area contributed by atoms with Gasteiger partial charge in [0.1, 0.15) is 6.04 Å². The number of rotatable bonds is 4. The molecule has 0 heterocycles. The third-order valence-corrected chi connectivity index (χ3v) is 2.95. The summed E-state index contributed by atoms with van der Waals surface area (Å²) in [5, 5.41) is 12.3. The van der Waals surface area contributed by atoms with E-state index in [9.17, 15) is 14.0 Å². The van der Waals surface area contributed by atoms with Crippen LogP contribution in [-0.2, 0) is 0 Å². The van der Waals surface area contributed by atoms with Crippen molar-refractivity contribution in [2.75, 3.05) is 5.32 Å². The van der Waals surface area contributed by atoms with Crippen molar-refractivity contribution in [1.82, 2.24) is 0 Å². The SMILES string of the molecule is Cc1cccc(NC(C#N)c2cccc(C(F)F)c2)c1. The second-order valence-corrected chi connectivity index (χ2v) is 4.55. The molecule has 0 saturated heterocycles. The summed E-state index contributed by atoms with van der Waals surface area (Å²) in [6.45, 7) is 1.95. The lowest BCUT2D eigenvalue weighted by molar-refractivity contribution is 0.151. The first-order chi connectivity index (χ1) is 9.60. The zero-order valence-electron chi connectivity index (χ0n) is 11.0. The second-order valence-electron chi connectivity index (χ2n) is 4.55. The van der Waals surface area contributed by atoms with E-state index >= 15 is 0 Å². The number of anilines is 1. The number of alkyl halides is 2. The van der Waals surface area contributed by atoms with Crippen molar-refractivity contribution in [2.24, 2.45) is 0 Å². The van der Waals surface area contributed by atoms with Gasteiger partial charge in [0.05, 0.1) is 6.07 Å². The molecule has 1 unspecified atom stereocenters.